The zero-order valence-corrected chi connectivity index (χ0v) is 12.4. The Labute approximate surface area is 124 Å². The third kappa shape index (κ3) is 4.61. The number of hydrogen-bond donors (Lipinski definition) is 2. The molecule has 2 rings (SSSR count). The van der Waals surface area contributed by atoms with Gasteiger partial charge in [-0.05, 0) is 23.6 Å². The first-order valence-electron chi connectivity index (χ1n) is 6.39. The quantitative estimate of drug-likeness (QED) is 0.888. The van der Waals surface area contributed by atoms with E-state index in [1.807, 2.05) is 47.2 Å². The summed E-state index contributed by atoms with van der Waals surface area (Å²) in [6, 6.07) is 16.8. The molecule has 2 N–H and O–H groups in total. The molecule has 110 valence electrons. The van der Waals surface area contributed by atoms with Gasteiger partial charge in [0.1, 0.15) is 0 Å². The molecule has 0 aliphatic rings. The van der Waals surface area contributed by atoms with E-state index in [-0.39, 0.29) is 0 Å². The van der Waals surface area contributed by atoms with Crippen LogP contribution in [0.25, 0.3) is 0 Å². The summed E-state index contributed by atoms with van der Waals surface area (Å²) < 4.78 is 27.8. The van der Waals surface area contributed by atoms with E-state index < -0.39 is 16.1 Å². The van der Waals surface area contributed by atoms with Crippen molar-refractivity contribution < 1.29 is 13.2 Å². The maximum atomic E-state index is 11.8. The second-order valence-electron chi connectivity index (χ2n) is 4.58. The molecule has 0 saturated carbocycles. The van der Waals surface area contributed by atoms with Crippen LogP contribution in [-0.2, 0) is 21.4 Å². The molecule has 0 bridgehead atoms. The van der Waals surface area contributed by atoms with E-state index in [1.165, 1.54) is 0 Å². The van der Waals surface area contributed by atoms with Gasteiger partial charge in [-0.1, -0.05) is 48.5 Å². The van der Waals surface area contributed by atoms with Gasteiger partial charge in [-0.15, -0.1) is 0 Å². The third-order valence-corrected chi connectivity index (χ3v) is 3.82. The Morgan fingerprint density at radius 3 is 2.29 bits per heavy atom. The van der Waals surface area contributed by atoms with Gasteiger partial charge in [0.2, 0.25) is 5.91 Å². The number of carbonyl (C=O) groups excluding carboxylic acids is 1. The number of rotatable bonds is 5. The van der Waals surface area contributed by atoms with Gasteiger partial charge in [0.25, 0.3) is 0 Å². The summed E-state index contributed by atoms with van der Waals surface area (Å²) in [6.45, 7) is 1.15. The Bertz CT molecular complexity index is 728. The summed E-state index contributed by atoms with van der Waals surface area (Å²) in [5.74, 6) is -0.636. The van der Waals surface area contributed by atoms with Crippen LogP contribution in [0.2, 0.25) is 0 Å². The lowest BCUT2D eigenvalue weighted by Crippen LogP contribution is -2.33. The monoisotopic (exact) mass is 304 g/mol. The highest BCUT2D eigenvalue weighted by molar-refractivity contribution is 7.91. The topological polar surface area (TPSA) is 75.3 Å². The molecule has 1 amide bonds. The summed E-state index contributed by atoms with van der Waals surface area (Å²) in [5.41, 5.74) is 2.36. The molecule has 0 aliphatic carbocycles. The summed E-state index contributed by atoms with van der Waals surface area (Å²) in [5, 5.41) is 0. The first kappa shape index (κ1) is 15.1. The lowest BCUT2D eigenvalue weighted by molar-refractivity contribution is -0.117. The Morgan fingerprint density at radius 1 is 1.00 bits per heavy atom. The largest absolute Gasteiger partial charge is 0.323 e. The van der Waals surface area contributed by atoms with E-state index in [0.29, 0.717) is 12.1 Å². The maximum Gasteiger partial charge on any atom is 0.323 e. The highest BCUT2D eigenvalue weighted by Gasteiger charge is 2.13. The van der Waals surface area contributed by atoms with Crippen molar-refractivity contribution in [2.75, 3.05) is 4.72 Å². The molecule has 0 aromatic heterocycles. The number of hydrogen-bond acceptors (Lipinski definition) is 3. The van der Waals surface area contributed by atoms with Crippen LogP contribution >= 0.6 is 0 Å². The van der Waals surface area contributed by atoms with Crippen LogP contribution < -0.4 is 9.44 Å². The molecule has 0 radical (unpaired) electrons. The van der Waals surface area contributed by atoms with Gasteiger partial charge in [-0.3, -0.25) is 9.52 Å². The normalized spacial score (nSPS) is 10.9. The predicted molar refractivity (Wildman–Crippen MR) is 82.0 cm³/mol. The van der Waals surface area contributed by atoms with Crippen LogP contribution in [0.3, 0.4) is 0 Å². The summed E-state index contributed by atoms with van der Waals surface area (Å²) in [6.07, 6.45) is 0.597. The van der Waals surface area contributed by atoms with Crippen LogP contribution in [0.1, 0.15) is 18.1 Å². The second kappa shape index (κ2) is 6.41. The van der Waals surface area contributed by atoms with Crippen LogP contribution in [-0.4, -0.2) is 14.3 Å². The van der Waals surface area contributed by atoms with E-state index in [2.05, 4.69) is 4.72 Å². The van der Waals surface area contributed by atoms with Gasteiger partial charge >= 0.3 is 10.2 Å². The lowest BCUT2D eigenvalue weighted by atomic mass is 10.0. The van der Waals surface area contributed by atoms with Gasteiger partial charge < -0.3 is 0 Å². The molecule has 0 heterocycles. The van der Waals surface area contributed by atoms with Crippen molar-refractivity contribution in [3.63, 3.8) is 0 Å². The molecular weight excluding hydrogens is 288 g/mol. The third-order valence-electron chi connectivity index (χ3n) is 2.78. The number of benzene rings is 2. The minimum Gasteiger partial charge on any atom is -0.274 e. The number of amides is 1. The highest BCUT2D eigenvalue weighted by atomic mass is 32.2. The minimum absolute atomic E-state index is 0.454. The molecule has 0 saturated heterocycles. The zero-order chi connectivity index (χ0) is 15.3. The lowest BCUT2D eigenvalue weighted by Gasteiger charge is -2.12. The summed E-state index contributed by atoms with van der Waals surface area (Å²) >= 11 is 0. The fourth-order valence-electron chi connectivity index (χ4n) is 1.95. The van der Waals surface area contributed by atoms with E-state index in [1.54, 1.807) is 12.1 Å². The molecule has 0 aliphatic heterocycles. The van der Waals surface area contributed by atoms with Crippen molar-refractivity contribution in [2.24, 2.45) is 0 Å². The maximum absolute atomic E-state index is 11.8. The Balaban J connectivity index is 2.23. The summed E-state index contributed by atoms with van der Waals surface area (Å²) in [7, 11) is -3.90. The number of carbonyl (C=O) groups is 1. The summed E-state index contributed by atoms with van der Waals surface area (Å²) in [4.78, 5) is 10.9. The van der Waals surface area contributed by atoms with E-state index in [9.17, 15) is 13.2 Å². The fourth-order valence-corrected chi connectivity index (χ4v) is 2.87. The Kier molecular flexibility index (Phi) is 4.59. The molecular formula is C15H16N2O3S. The van der Waals surface area contributed by atoms with Crippen LogP contribution in [0, 0.1) is 0 Å². The number of nitrogens with one attached hydrogen (secondary N) is 2. The SMILES string of the molecule is CC(=O)NS(=O)(=O)Nc1ccccc1Cc1ccccc1. The van der Waals surface area contributed by atoms with Crippen molar-refractivity contribution >= 4 is 21.8 Å². The van der Waals surface area contributed by atoms with Crippen molar-refractivity contribution in [3.05, 3.63) is 65.7 Å². The van der Waals surface area contributed by atoms with Crippen molar-refractivity contribution in [1.82, 2.24) is 4.72 Å². The first-order chi connectivity index (χ1) is 9.96. The fraction of sp³-hybridized carbons (Fsp3) is 0.133. The van der Waals surface area contributed by atoms with Crippen molar-refractivity contribution in [3.8, 4) is 0 Å². The molecule has 2 aromatic rings. The van der Waals surface area contributed by atoms with E-state index in [0.717, 1.165) is 18.1 Å². The van der Waals surface area contributed by atoms with Gasteiger partial charge in [0, 0.05) is 6.92 Å². The molecule has 0 spiro atoms. The molecule has 0 atom stereocenters. The van der Waals surface area contributed by atoms with Crippen molar-refractivity contribution in [1.29, 1.82) is 0 Å². The molecule has 0 fully saturated rings. The number of anilines is 1. The molecule has 0 unspecified atom stereocenters. The van der Waals surface area contributed by atoms with Crippen molar-refractivity contribution in [2.45, 2.75) is 13.3 Å². The second-order valence-corrected chi connectivity index (χ2v) is 6.00. The van der Waals surface area contributed by atoms with Crippen LogP contribution in [0.5, 0.6) is 0 Å². The molecule has 6 heteroatoms. The Hall–Kier alpha value is -2.34. The van der Waals surface area contributed by atoms with Gasteiger partial charge in [-0.2, -0.15) is 8.42 Å². The van der Waals surface area contributed by atoms with Gasteiger partial charge in [0.15, 0.2) is 0 Å². The average molecular weight is 304 g/mol. The van der Waals surface area contributed by atoms with E-state index in [4.69, 9.17) is 0 Å². The predicted octanol–water partition coefficient (Wildman–Crippen LogP) is 2.07. The zero-order valence-electron chi connectivity index (χ0n) is 11.5. The smallest absolute Gasteiger partial charge is 0.274 e. The van der Waals surface area contributed by atoms with Crippen LogP contribution in [0.15, 0.2) is 54.6 Å². The molecule has 5 nitrogen and oxygen atoms in total. The minimum atomic E-state index is -3.90. The Morgan fingerprint density at radius 2 is 1.62 bits per heavy atom. The molecule has 2 aromatic carbocycles. The first-order valence-corrected chi connectivity index (χ1v) is 7.87. The average Bonchev–Trinajstić information content (AvgIpc) is 2.40. The van der Waals surface area contributed by atoms with Gasteiger partial charge in [0.05, 0.1) is 5.69 Å². The molecule has 21 heavy (non-hydrogen) atoms. The number of para-hydroxylation sites is 1. The van der Waals surface area contributed by atoms with E-state index >= 15 is 0 Å². The van der Waals surface area contributed by atoms with Gasteiger partial charge in [-0.25, -0.2) is 4.72 Å². The highest BCUT2D eigenvalue weighted by Crippen LogP contribution is 2.19. The van der Waals surface area contributed by atoms with Crippen LogP contribution in [0.4, 0.5) is 5.69 Å². The standard InChI is InChI=1S/C15H16N2O3S/c1-12(18)16-21(19,20)17-15-10-6-5-9-14(15)11-13-7-3-2-4-8-13/h2-10,17H,11H2,1H3,(H,16,18).